The Kier molecular flexibility index (Phi) is 3.79. The van der Waals surface area contributed by atoms with Gasteiger partial charge in [-0.2, -0.15) is 0 Å². The molecule has 3 rings (SSSR count). The number of nitrogens with zero attached hydrogens (tertiary/aromatic N) is 1. The zero-order chi connectivity index (χ0) is 16.8. The van der Waals surface area contributed by atoms with E-state index in [0.717, 1.165) is 24.1 Å². The van der Waals surface area contributed by atoms with Gasteiger partial charge in [0.1, 0.15) is 0 Å². The second kappa shape index (κ2) is 5.52. The largest absolute Gasteiger partial charge is 0.411 e. The maximum absolute atomic E-state index is 9.41. The van der Waals surface area contributed by atoms with Crippen molar-refractivity contribution in [2.24, 2.45) is 5.16 Å². The Hall–Kier alpha value is -2.09. The van der Waals surface area contributed by atoms with Crippen LogP contribution in [0.15, 0.2) is 35.5 Å². The summed E-state index contributed by atoms with van der Waals surface area (Å²) in [5, 5.41) is 13.0. The predicted octanol–water partition coefficient (Wildman–Crippen LogP) is 5.20. The summed E-state index contributed by atoms with van der Waals surface area (Å²) in [6.45, 7) is 10.9. The fraction of sp³-hybridized carbons (Fsp3) is 0.381. The second-order valence-corrected chi connectivity index (χ2v) is 7.16. The molecular formula is C21H25NO. The zero-order valence-electron chi connectivity index (χ0n) is 14.7. The lowest BCUT2D eigenvalue weighted by Gasteiger charge is -2.37. The minimum Gasteiger partial charge on any atom is -0.411 e. The normalized spacial score (nSPS) is 22.2. The summed E-state index contributed by atoms with van der Waals surface area (Å²) in [7, 11) is 0. The summed E-state index contributed by atoms with van der Waals surface area (Å²) in [6, 6.07) is 11.2. The lowest BCUT2D eigenvalue weighted by atomic mass is 9.66. The van der Waals surface area contributed by atoms with Crippen molar-refractivity contribution in [3.05, 3.63) is 69.3 Å². The molecule has 1 aliphatic carbocycles. The van der Waals surface area contributed by atoms with E-state index in [-0.39, 0.29) is 5.41 Å². The van der Waals surface area contributed by atoms with E-state index in [0.29, 0.717) is 0 Å². The first-order valence-electron chi connectivity index (χ1n) is 8.27. The number of benzene rings is 2. The average molecular weight is 307 g/mol. The lowest BCUT2D eigenvalue weighted by Crippen LogP contribution is -2.32. The fourth-order valence-electron chi connectivity index (χ4n) is 3.64. The molecule has 0 aromatic heterocycles. The first kappa shape index (κ1) is 15.8. The van der Waals surface area contributed by atoms with E-state index in [1.54, 1.807) is 0 Å². The van der Waals surface area contributed by atoms with Crippen molar-refractivity contribution in [1.29, 1.82) is 0 Å². The molecule has 0 heterocycles. The molecule has 0 fully saturated rings. The van der Waals surface area contributed by atoms with Gasteiger partial charge in [0.15, 0.2) is 0 Å². The van der Waals surface area contributed by atoms with E-state index in [9.17, 15) is 5.21 Å². The lowest BCUT2D eigenvalue weighted by molar-refractivity contribution is 0.316. The minimum absolute atomic E-state index is 0.0412. The molecule has 120 valence electrons. The van der Waals surface area contributed by atoms with Gasteiger partial charge in [-0.05, 0) is 80.0 Å². The molecule has 2 aromatic carbocycles. The second-order valence-electron chi connectivity index (χ2n) is 7.16. The van der Waals surface area contributed by atoms with Crippen LogP contribution in [0.4, 0.5) is 0 Å². The standard InChI is InChI=1S/C21H25NO/c1-13-6-7-17(10-14(13)2)21(5)9-8-20(22-23)18-11-15(3)16(4)12-19(18)21/h6-7,10-12,23H,8-9H2,1-5H3/b22-20-/t21-/m1/s1. The molecule has 1 N–H and O–H groups in total. The van der Waals surface area contributed by atoms with Gasteiger partial charge in [-0.1, -0.05) is 36.3 Å². The topological polar surface area (TPSA) is 32.6 Å². The van der Waals surface area contributed by atoms with Crippen LogP contribution in [-0.4, -0.2) is 10.9 Å². The molecular weight excluding hydrogens is 282 g/mol. The summed E-state index contributed by atoms with van der Waals surface area (Å²) in [5.41, 5.74) is 9.69. The van der Waals surface area contributed by atoms with Crippen LogP contribution in [0.5, 0.6) is 0 Å². The molecule has 23 heavy (non-hydrogen) atoms. The van der Waals surface area contributed by atoms with E-state index in [1.165, 1.54) is 33.4 Å². The highest BCUT2D eigenvalue weighted by atomic mass is 16.4. The van der Waals surface area contributed by atoms with Gasteiger partial charge in [0.2, 0.25) is 0 Å². The van der Waals surface area contributed by atoms with E-state index < -0.39 is 0 Å². The van der Waals surface area contributed by atoms with Gasteiger partial charge < -0.3 is 5.21 Å². The van der Waals surface area contributed by atoms with Gasteiger partial charge in [0.25, 0.3) is 0 Å². The van der Waals surface area contributed by atoms with E-state index in [4.69, 9.17) is 0 Å². The number of hydrogen-bond acceptors (Lipinski definition) is 2. The third kappa shape index (κ3) is 2.46. The molecule has 2 aromatic rings. The number of hydrogen-bond donors (Lipinski definition) is 1. The van der Waals surface area contributed by atoms with Crippen molar-refractivity contribution in [2.45, 2.75) is 52.9 Å². The minimum atomic E-state index is -0.0412. The van der Waals surface area contributed by atoms with Gasteiger partial charge in [-0.3, -0.25) is 0 Å². The smallest absolute Gasteiger partial charge is 0.0871 e. The van der Waals surface area contributed by atoms with Crippen molar-refractivity contribution in [1.82, 2.24) is 0 Å². The summed E-state index contributed by atoms with van der Waals surface area (Å²) in [6.07, 6.45) is 1.76. The Morgan fingerprint density at radius 1 is 0.913 bits per heavy atom. The molecule has 0 spiro atoms. The molecule has 0 aliphatic heterocycles. The summed E-state index contributed by atoms with van der Waals surface area (Å²) >= 11 is 0. The molecule has 1 aliphatic rings. The van der Waals surface area contributed by atoms with Crippen LogP contribution in [0, 0.1) is 27.7 Å². The van der Waals surface area contributed by atoms with Crippen LogP contribution in [-0.2, 0) is 5.41 Å². The van der Waals surface area contributed by atoms with E-state index in [1.807, 2.05) is 0 Å². The van der Waals surface area contributed by atoms with Crippen LogP contribution in [0.25, 0.3) is 0 Å². The molecule has 2 heteroatoms. The highest BCUT2D eigenvalue weighted by molar-refractivity contribution is 6.03. The third-order valence-corrected chi connectivity index (χ3v) is 5.67. The van der Waals surface area contributed by atoms with Crippen molar-refractivity contribution in [2.75, 3.05) is 0 Å². The molecule has 0 bridgehead atoms. The molecule has 0 amide bonds. The monoisotopic (exact) mass is 307 g/mol. The highest BCUT2D eigenvalue weighted by Gasteiger charge is 2.36. The Balaban J connectivity index is 2.25. The molecule has 0 radical (unpaired) electrons. The highest BCUT2D eigenvalue weighted by Crippen LogP contribution is 2.43. The van der Waals surface area contributed by atoms with Gasteiger partial charge >= 0.3 is 0 Å². The third-order valence-electron chi connectivity index (χ3n) is 5.67. The van der Waals surface area contributed by atoms with Gasteiger partial charge in [0, 0.05) is 11.0 Å². The van der Waals surface area contributed by atoms with Crippen LogP contribution >= 0.6 is 0 Å². The predicted molar refractivity (Wildman–Crippen MR) is 95.8 cm³/mol. The quantitative estimate of drug-likeness (QED) is 0.570. The molecule has 0 unspecified atom stereocenters. The maximum atomic E-state index is 9.41. The van der Waals surface area contributed by atoms with Crippen LogP contribution < -0.4 is 0 Å². The number of rotatable bonds is 1. The number of oxime groups is 1. The van der Waals surface area contributed by atoms with Crippen LogP contribution in [0.2, 0.25) is 0 Å². The van der Waals surface area contributed by atoms with Crippen molar-refractivity contribution < 1.29 is 5.21 Å². The van der Waals surface area contributed by atoms with Crippen molar-refractivity contribution in [3.8, 4) is 0 Å². The number of fused-ring (bicyclic) bond motifs is 1. The van der Waals surface area contributed by atoms with Crippen LogP contribution in [0.3, 0.4) is 0 Å². The molecule has 1 atom stereocenters. The maximum Gasteiger partial charge on any atom is 0.0871 e. The van der Waals surface area contributed by atoms with E-state index >= 15 is 0 Å². The Bertz CT molecular complexity index is 804. The van der Waals surface area contributed by atoms with Crippen molar-refractivity contribution in [3.63, 3.8) is 0 Å². The number of aryl methyl sites for hydroxylation is 4. The first-order chi connectivity index (χ1) is 10.9. The fourth-order valence-corrected chi connectivity index (χ4v) is 3.64. The Morgan fingerprint density at radius 2 is 1.57 bits per heavy atom. The summed E-state index contributed by atoms with van der Waals surface area (Å²) < 4.78 is 0. The van der Waals surface area contributed by atoms with Crippen molar-refractivity contribution >= 4 is 5.71 Å². The van der Waals surface area contributed by atoms with Gasteiger partial charge in [0.05, 0.1) is 5.71 Å². The average Bonchev–Trinajstić information content (AvgIpc) is 2.52. The zero-order valence-corrected chi connectivity index (χ0v) is 14.7. The summed E-state index contributed by atoms with van der Waals surface area (Å²) in [5.74, 6) is 0. The van der Waals surface area contributed by atoms with Gasteiger partial charge in [-0.25, -0.2) is 0 Å². The SMILES string of the molecule is Cc1ccc([C@@]2(C)CC/C(=N/O)c3cc(C)c(C)cc32)cc1C. The molecule has 2 nitrogen and oxygen atoms in total. The van der Waals surface area contributed by atoms with E-state index in [2.05, 4.69) is 70.1 Å². The Labute approximate surface area is 138 Å². The molecule has 0 saturated heterocycles. The summed E-state index contributed by atoms with van der Waals surface area (Å²) in [4.78, 5) is 0. The van der Waals surface area contributed by atoms with Crippen LogP contribution in [0.1, 0.15) is 58.7 Å². The van der Waals surface area contributed by atoms with Gasteiger partial charge in [-0.15, -0.1) is 0 Å². The Morgan fingerprint density at radius 3 is 2.22 bits per heavy atom. The first-order valence-corrected chi connectivity index (χ1v) is 8.27. The molecule has 0 saturated carbocycles.